The summed E-state index contributed by atoms with van der Waals surface area (Å²) in [6.07, 6.45) is 3.79. The predicted octanol–water partition coefficient (Wildman–Crippen LogP) is 4.42. The number of hydrogen-bond donors (Lipinski definition) is 3. The van der Waals surface area contributed by atoms with Crippen LogP contribution in [0.3, 0.4) is 0 Å². The smallest absolute Gasteiger partial charge is 0.277 e. The standard InChI is InChI=1S/C30H33F2N7O2/c1-38-6-8-39(9-7-38)24-17-27(34-23-4-10-41-11-5-23)28(33-18-24)30(40)35-29-25-15-19(2-3-26(25)36-37-29)12-20-13-21(31)16-22(32)14-20/h2-3,13-18,23,34H,4-12H2,1H3,(H2,35,36,37,40). The second-order valence-electron chi connectivity index (χ2n) is 10.8. The lowest BCUT2D eigenvalue weighted by molar-refractivity contribution is 0.0904. The van der Waals surface area contributed by atoms with Crippen LogP contribution in [0, 0.1) is 11.6 Å². The summed E-state index contributed by atoms with van der Waals surface area (Å²) >= 11 is 0. The number of anilines is 3. The van der Waals surface area contributed by atoms with Gasteiger partial charge in [0.1, 0.15) is 11.6 Å². The lowest BCUT2D eigenvalue weighted by atomic mass is 10.0. The number of H-pyrrole nitrogens is 1. The van der Waals surface area contributed by atoms with E-state index in [2.05, 4.69) is 42.7 Å². The Kier molecular flexibility index (Phi) is 7.80. The van der Waals surface area contributed by atoms with Gasteiger partial charge in [-0.15, -0.1) is 0 Å². The van der Waals surface area contributed by atoms with Crippen LogP contribution in [0.15, 0.2) is 48.7 Å². The highest BCUT2D eigenvalue weighted by atomic mass is 19.1. The minimum atomic E-state index is -0.617. The highest BCUT2D eigenvalue weighted by Crippen LogP contribution is 2.28. The summed E-state index contributed by atoms with van der Waals surface area (Å²) in [7, 11) is 2.12. The van der Waals surface area contributed by atoms with Crippen molar-refractivity contribution in [1.82, 2.24) is 20.1 Å². The van der Waals surface area contributed by atoms with Crippen molar-refractivity contribution in [1.29, 1.82) is 0 Å². The quantitative estimate of drug-likeness (QED) is 0.307. The fourth-order valence-corrected chi connectivity index (χ4v) is 5.43. The molecule has 2 aliphatic rings. The van der Waals surface area contributed by atoms with Crippen molar-refractivity contribution >= 4 is 34.0 Å². The zero-order valence-corrected chi connectivity index (χ0v) is 22.9. The zero-order valence-electron chi connectivity index (χ0n) is 22.9. The summed E-state index contributed by atoms with van der Waals surface area (Å²) in [6, 6.07) is 11.2. The average molecular weight is 562 g/mol. The number of pyridine rings is 1. The van der Waals surface area contributed by atoms with E-state index in [0.717, 1.165) is 61.9 Å². The summed E-state index contributed by atoms with van der Waals surface area (Å²) < 4.78 is 32.9. The third kappa shape index (κ3) is 6.31. The molecule has 2 aliphatic heterocycles. The van der Waals surface area contributed by atoms with Crippen LogP contribution in [-0.2, 0) is 11.2 Å². The number of benzene rings is 2. The van der Waals surface area contributed by atoms with Crippen LogP contribution in [-0.4, -0.2) is 78.5 Å². The number of likely N-dealkylation sites (N-methyl/N-ethyl adjacent to an activating group) is 1. The topological polar surface area (TPSA) is 98.4 Å². The normalized spacial score (nSPS) is 16.7. The Labute approximate surface area is 236 Å². The molecule has 9 nitrogen and oxygen atoms in total. The first kappa shape index (κ1) is 27.1. The number of hydrogen-bond acceptors (Lipinski definition) is 7. The number of carbonyl (C=O) groups excluding carboxylic acids is 1. The number of fused-ring (bicyclic) bond motifs is 1. The molecule has 2 aromatic carbocycles. The van der Waals surface area contributed by atoms with Gasteiger partial charge in [0.05, 0.1) is 23.1 Å². The fraction of sp³-hybridized carbons (Fsp3) is 0.367. The van der Waals surface area contributed by atoms with Gasteiger partial charge in [0.2, 0.25) is 0 Å². The molecule has 0 spiro atoms. The van der Waals surface area contributed by atoms with E-state index >= 15 is 0 Å². The molecule has 4 aromatic rings. The van der Waals surface area contributed by atoms with E-state index in [0.29, 0.717) is 42.1 Å². The number of nitrogens with zero attached hydrogens (tertiary/aromatic N) is 4. The van der Waals surface area contributed by atoms with Crippen molar-refractivity contribution in [2.24, 2.45) is 0 Å². The molecule has 2 fully saturated rings. The fourth-order valence-electron chi connectivity index (χ4n) is 5.43. The second-order valence-corrected chi connectivity index (χ2v) is 10.8. The number of piperazine rings is 1. The molecule has 0 bridgehead atoms. The Balaban J connectivity index is 1.25. The molecule has 41 heavy (non-hydrogen) atoms. The first-order chi connectivity index (χ1) is 19.9. The molecule has 1 amide bonds. The van der Waals surface area contributed by atoms with E-state index in [1.54, 1.807) is 6.20 Å². The van der Waals surface area contributed by atoms with Gasteiger partial charge in [-0.3, -0.25) is 9.89 Å². The van der Waals surface area contributed by atoms with Crippen LogP contribution in [0.2, 0.25) is 0 Å². The molecule has 2 aromatic heterocycles. The van der Waals surface area contributed by atoms with E-state index in [4.69, 9.17) is 4.74 Å². The van der Waals surface area contributed by atoms with Crippen LogP contribution in [0.1, 0.15) is 34.5 Å². The molecule has 0 atom stereocenters. The van der Waals surface area contributed by atoms with Gasteiger partial charge < -0.3 is 25.2 Å². The number of ether oxygens (including phenoxy) is 1. The van der Waals surface area contributed by atoms with Gasteiger partial charge in [-0.05, 0) is 67.8 Å². The Morgan fingerprint density at radius 1 is 1.02 bits per heavy atom. The molecule has 4 heterocycles. The summed E-state index contributed by atoms with van der Waals surface area (Å²) in [4.78, 5) is 22.8. The Hall–Kier alpha value is -4.09. The van der Waals surface area contributed by atoms with Crippen LogP contribution in [0.4, 0.5) is 26.0 Å². The van der Waals surface area contributed by atoms with Gasteiger partial charge in [0.15, 0.2) is 11.5 Å². The van der Waals surface area contributed by atoms with Gasteiger partial charge in [-0.2, -0.15) is 5.10 Å². The lowest BCUT2D eigenvalue weighted by Crippen LogP contribution is -2.44. The first-order valence-electron chi connectivity index (χ1n) is 13.9. The molecule has 0 unspecified atom stereocenters. The van der Waals surface area contributed by atoms with E-state index in [9.17, 15) is 13.6 Å². The number of carbonyl (C=O) groups is 1. The van der Waals surface area contributed by atoms with Crippen LogP contribution in [0.25, 0.3) is 10.9 Å². The SMILES string of the molecule is CN1CCN(c2cnc(C(=O)Nc3n[nH]c4ccc(Cc5cc(F)cc(F)c5)cc34)c(NC3CCOCC3)c2)CC1. The van der Waals surface area contributed by atoms with Crippen molar-refractivity contribution in [3.8, 4) is 0 Å². The van der Waals surface area contributed by atoms with Crippen molar-refractivity contribution in [2.45, 2.75) is 25.3 Å². The maximum atomic E-state index is 13.7. The van der Waals surface area contributed by atoms with Crippen LogP contribution >= 0.6 is 0 Å². The van der Waals surface area contributed by atoms with Crippen molar-refractivity contribution in [3.63, 3.8) is 0 Å². The third-order valence-electron chi connectivity index (χ3n) is 7.73. The number of amides is 1. The van der Waals surface area contributed by atoms with E-state index in [1.807, 2.05) is 24.3 Å². The monoisotopic (exact) mass is 561 g/mol. The van der Waals surface area contributed by atoms with Gasteiger partial charge in [0, 0.05) is 56.9 Å². The van der Waals surface area contributed by atoms with Crippen LogP contribution in [0.5, 0.6) is 0 Å². The Morgan fingerprint density at radius 2 is 1.78 bits per heavy atom. The largest absolute Gasteiger partial charge is 0.381 e. The number of aromatic nitrogens is 3. The number of nitrogens with one attached hydrogen (secondary N) is 3. The summed E-state index contributed by atoms with van der Waals surface area (Å²) in [5.74, 6) is -1.25. The van der Waals surface area contributed by atoms with Gasteiger partial charge in [0.25, 0.3) is 5.91 Å². The van der Waals surface area contributed by atoms with E-state index in [-0.39, 0.29) is 17.6 Å². The predicted molar refractivity (Wildman–Crippen MR) is 155 cm³/mol. The average Bonchev–Trinajstić information content (AvgIpc) is 3.35. The first-order valence-corrected chi connectivity index (χ1v) is 13.9. The molecular formula is C30H33F2N7O2. The molecule has 11 heteroatoms. The van der Waals surface area contributed by atoms with Crippen molar-refractivity contribution < 1.29 is 18.3 Å². The second kappa shape index (κ2) is 11.8. The maximum absolute atomic E-state index is 13.7. The molecule has 0 saturated carbocycles. The molecular weight excluding hydrogens is 528 g/mol. The van der Waals surface area contributed by atoms with Crippen molar-refractivity contribution in [2.75, 3.05) is 62.0 Å². The molecule has 3 N–H and O–H groups in total. The van der Waals surface area contributed by atoms with Crippen molar-refractivity contribution in [3.05, 3.63) is 77.1 Å². The Bertz CT molecular complexity index is 1530. The minimum Gasteiger partial charge on any atom is -0.381 e. The Morgan fingerprint density at radius 3 is 2.54 bits per heavy atom. The van der Waals surface area contributed by atoms with Gasteiger partial charge in [-0.1, -0.05) is 6.07 Å². The number of aromatic amines is 1. The summed E-state index contributed by atoms with van der Waals surface area (Å²) in [5.41, 5.74) is 4.03. The molecule has 0 radical (unpaired) electrons. The van der Waals surface area contributed by atoms with Gasteiger partial charge >= 0.3 is 0 Å². The summed E-state index contributed by atoms with van der Waals surface area (Å²) in [5, 5.41) is 14.4. The van der Waals surface area contributed by atoms with E-state index < -0.39 is 11.6 Å². The highest BCUT2D eigenvalue weighted by Gasteiger charge is 2.23. The number of rotatable bonds is 7. The molecule has 6 rings (SSSR count). The summed E-state index contributed by atoms with van der Waals surface area (Å²) in [6.45, 7) is 5.07. The minimum absolute atomic E-state index is 0.182. The van der Waals surface area contributed by atoms with Crippen LogP contribution < -0.4 is 15.5 Å². The lowest BCUT2D eigenvalue weighted by Gasteiger charge is -2.34. The van der Waals surface area contributed by atoms with Gasteiger partial charge in [-0.25, -0.2) is 13.8 Å². The highest BCUT2D eigenvalue weighted by molar-refractivity contribution is 6.09. The maximum Gasteiger partial charge on any atom is 0.277 e. The van der Waals surface area contributed by atoms with E-state index in [1.165, 1.54) is 12.1 Å². The third-order valence-corrected chi connectivity index (χ3v) is 7.73. The zero-order chi connectivity index (χ0) is 28.3. The number of halogens is 2. The molecule has 0 aliphatic carbocycles. The molecule has 2 saturated heterocycles. The molecule has 214 valence electrons.